The molecule has 0 radical (unpaired) electrons. The Morgan fingerprint density at radius 1 is 1.00 bits per heavy atom. The highest BCUT2D eigenvalue weighted by atomic mass is 15.4. The maximum absolute atomic E-state index is 4.99. The van der Waals surface area contributed by atoms with E-state index in [4.69, 9.17) is 4.99 Å². The SMILES string of the molecule is CC1(C)CCN=C2c3ccccc3N3CCC(c4ccccc4)C3N21. The minimum Gasteiger partial charge on any atom is -0.350 e. The van der Waals surface area contributed by atoms with Crippen molar-refractivity contribution in [2.45, 2.75) is 44.3 Å². The molecule has 0 amide bonds. The van der Waals surface area contributed by atoms with Gasteiger partial charge in [-0.1, -0.05) is 42.5 Å². The second-order valence-electron chi connectivity index (χ2n) is 8.07. The first-order valence-electron chi connectivity index (χ1n) is 9.42. The van der Waals surface area contributed by atoms with Crippen molar-refractivity contribution in [3.8, 4) is 0 Å². The predicted molar refractivity (Wildman–Crippen MR) is 103 cm³/mol. The Balaban J connectivity index is 1.70. The van der Waals surface area contributed by atoms with Crippen LogP contribution in [-0.2, 0) is 0 Å². The van der Waals surface area contributed by atoms with Crippen LogP contribution in [0, 0.1) is 0 Å². The van der Waals surface area contributed by atoms with Crippen LogP contribution in [0.25, 0.3) is 0 Å². The zero-order chi connectivity index (χ0) is 17.0. The lowest BCUT2D eigenvalue weighted by molar-refractivity contribution is 0.129. The second-order valence-corrected chi connectivity index (χ2v) is 8.07. The summed E-state index contributed by atoms with van der Waals surface area (Å²) in [6.45, 7) is 6.80. The number of hydrogen-bond donors (Lipinski definition) is 0. The van der Waals surface area contributed by atoms with Crippen molar-refractivity contribution in [1.82, 2.24) is 4.90 Å². The molecule has 0 spiro atoms. The number of aliphatic imine (C=N–C) groups is 1. The van der Waals surface area contributed by atoms with Gasteiger partial charge in [0.2, 0.25) is 0 Å². The van der Waals surface area contributed by atoms with Gasteiger partial charge in [-0.05, 0) is 44.4 Å². The third kappa shape index (κ3) is 2.14. The van der Waals surface area contributed by atoms with E-state index >= 15 is 0 Å². The van der Waals surface area contributed by atoms with Crippen LogP contribution in [0.15, 0.2) is 59.6 Å². The van der Waals surface area contributed by atoms with Crippen molar-refractivity contribution >= 4 is 11.5 Å². The van der Waals surface area contributed by atoms with E-state index < -0.39 is 0 Å². The average molecular weight is 331 g/mol. The molecular formula is C22H25N3. The molecule has 3 nitrogen and oxygen atoms in total. The molecule has 5 rings (SSSR count). The van der Waals surface area contributed by atoms with Crippen LogP contribution >= 0.6 is 0 Å². The fourth-order valence-corrected chi connectivity index (χ4v) is 4.93. The summed E-state index contributed by atoms with van der Waals surface area (Å²) in [7, 11) is 0. The molecule has 3 aliphatic heterocycles. The number of amidine groups is 1. The first kappa shape index (κ1) is 15.0. The molecule has 2 atom stereocenters. The van der Waals surface area contributed by atoms with Crippen LogP contribution in [0.3, 0.4) is 0 Å². The Morgan fingerprint density at radius 3 is 2.60 bits per heavy atom. The van der Waals surface area contributed by atoms with Crippen LogP contribution in [0.4, 0.5) is 5.69 Å². The van der Waals surface area contributed by atoms with E-state index in [-0.39, 0.29) is 5.54 Å². The Kier molecular flexibility index (Phi) is 3.21. The summed E-state index contributed by atoms with van der Waals surface area (Å²) in [5, 5.41) is 0. The Morgan fingerprint density at radius 2 is 1.76 bits per heavy atom. The summed E-state index contributed by atoms with van der Waals surface area (Å²) in [5.74, 6) is 1.73. The van der Waals surface area contributed by atoms with E-state index in [1.807, 2.05) is 0 Å². The lowest BCUT2D eigenvalue weighted by Crippen LogP contribution is -2.63. The highest BCUT2D eigenvalue weighted by Gasteiger charge is 2.50. The largest absolute Gasteiger partial charge is 0.350 e. The van der Waals surface area contributed by atoms with E-state index in [0.717, 1.165) is 19.5 Å². The van der Waals surface area contributed by atoms with Gasteiger partial charge in [-0.15, -0.1) is 0 Å². The van der Waals surface area contributed by atoms with Crippen molar-refractivity contribution in [3.63, 3.8) is 0 Å². The molecule has 0 bridgehead atoms. The number of hydrogen-bond acceptors (Lipinski definition) is 3. The first-order chi connectivity index (χ1) is 12.2. The summed E-state index contributed by atoms with van der Waals surface area (Å²) in [5.41, 5.74) is 4.25. The molecule has 1 fully saturated rings. The molecule has 2 aromatic rings. The Hall–Kier alpha value is -2.29. The summed E-state index contributed by atoms with van der Waals surface area (Å²) < 4.78 is 0. The van der Waals surface area contributed by atoms with E-state index in [9.17, 15) is 0 Å². The lowest BCUT2D eigenvalue weighted by atomic mass is 9.86. The maximum Gasteiger partial charge on any atom is 0.135 e. The smallest absolute Gasteiger partial charge is 0.135 e. The fourth-order valence-electron chi connectivity index (χ4n) is 4.93. The maximum atomic E-state index is 4.99. The highest BCUT2D eigenvalue weighted by Crippen LogP contribution is 2.47. The lowest BCUT2D eigenvalue weighted by Gasteiger charge is -2.54. The molecule has 0 saturated carbocycles. The molecule has 0 N–H and O–H groups in total. The van der Waals surface area contributed by atoms with Crippen molar-refractivity contribution < 1.29 is 0 Å². The second kappa shape index (κ2) is 5.35. The van der Waals surface area contributed by atoms with Crippen LogP contribution in [0.2, 0.25) is 0 Å². The number of benzene rings is 2. The van der Waals surface area contributed by atoms with Crippen molar-refractivity contribution in [2.24, 2.45) is 4.99 Å². The first-order valence-corrected chi connectivity index (χ1v) is 9.42. The van der Waals surface area contributed by atoms with Gasteiger partial charge in [0, 0.05) is 35.8 Å². The zero-order valence-corrected chi connectivity index (χ0v) is 15.0. The van der Waals surface area contributed by atoms with Gasteiger partial charge in [0.25, 0.3) is 0 Å². The Labute approximate surface area is 150 Å². The molecule has 25 heavy (non-hydrogen) atoms. The average Bonchev–Trinajstić information content (AvgIpc) is 3.07. The molecule has 3 heterocycles. The predicted octanol–water partition coefficient (Wildman–Crippen LogP) is 4.25. The van der Waals surface area contributed by atoms with Crippen LogP contribution < -0.4 is 4.90 Å². The van der Waals surface area contributed by atoms with Gasteiger partial charge in [0.15, 0.2) is 0 Å². The van der Waals surface area contributed by atoms with E-state index in [1.54, 1.807) is 0 Å². The molecule has 0 aromatic heterocycles. The number of nitrogens with zero attached hydrogens (tertiary/aromatic N) is 3. The molecule has 2 aromatic carbocycles. The fraction of sp³-hybridized carbons (Fsp3) is 0.409. The molecule has 1 saturated heterocycles. The van der Waals surface area contributed by atoms with Gasteiger partial charge in [0.05, 0.1) is 0 Å². The number of anilines is 1. The quantitative estimate of drug-likeness (QED) is 0.778. The van der Waals surface area contributed by atoms with Gasteiger partial charge >= 0.3 is 0 Å². The standard InChI is InChI=1S/C22H25N3/c1-22(2)13-14-23-20-18-10-6-7-11-19(18)24-15-12-17(21(24)25(20)22)16-8-4-3-5-9-16/h3-11,17,21H,12-15H2,1-2H3. The summed E-state index contributed by atoms with van der Waals surface area (Å²) in [4.78, 5) is 10.2. The van der Waals surface area contributed by atoms with Gasteiger partial charge in [-0.3, -0.25) is 4.99 Å². The Bertz CT molecular complexity index is 824. The van der Waals surface area contributed by atoms with Crippen molar-refractivity contribution in [2.75, 3.05) is 18.0 Å². The van der Waals surface area contributed by atoms with Crippen molar-refractivity contribution in [1.29, 1.82) is 0 Å². The van der Waals surface area contributed by atoms with E-state index in [2.05, 4.69) is 78.2 Å². The molecule has 0 aliphatic carbocycles. The number of fused-ring (bicyclic) bond motifs is 6. The van der Waals surface area contributed by atoms with Gasteiger partial charge in [-0.25, -0.2) is 0 Å². The zero-order valence-electron chi connectivity index (χ0n) is 15.0. The molecular weight excluding hydrogens is 306 g/mol. The van der Waals surface area contributed by atoms with E-state index in [0.29, 0.717) is 12.1 Å². The summed E-state index contributed by atoms with van der Waals surface area (Å²) in [6.07, 6.45) is 2.68. The van der Waals surface area contributed by atoms with Crippen LogP contribution in [-0.4, -0.2) is 35.5 Å². The molecule has 3 aliphatic rings. The number of rotatable bonds is 1. The van der Waals surface area contributed by atoms with Crippen molar-refractivity contribution in [3.05, 3.63) is 65.7 Å². The monoisotopic (exact) mass is 331 g/mol. The van der Waals surface area contributed by atoms with Gasteiger partial charge < -0.3 is 9.80 Å². The highest BCUT2D eigenvalue weighted by molar-refractivity contribution is 6.06. The topological polar surface area (TPSA) is 18.8 Å². The third-order valence-electron chi connectivity index (χ3n) is 6.17. The third-order valence-corrected chi connectivity index (χ3v) is 6.17. The summed E-state index contributed by atoms with van der Waals surface area (Å²) >= 11 is 0. The molecule has 2 unspecified atom stereocenters. The number of para-hydroxylation sites is 1. The minimum atomic E-state index is 0.130. The van der Waals surface area contributed by atoms with Gasteiger partial charge in [-0.2, -0.15) is 0 Å². The minimum absolute atomic E-state index is 0.130. The van der Waals surface area contributed by atoms with Crippen LogP contribution in [0.5, 0.6) is 0 Å². The van der Waals surface area contributed by atoms with Gasteiger partial charge in [0.1, 0.15) is 12.0 Å². The normalized spacial score (nSPS) is 26.6. The summed E-state index contributed by atoms with van der Waals surface area (Å²) in [6, 6.07) is 19.9. The van der Waals surface area contributed by atoms with Crippen LogP contribution in [0.1, 0.15) is 43.7 Å². The van der Waals surface area contributed by atoms with E-state index in [1.165, 1.54) is 29.1 Å². The molecule has 3 heteroatoms. The molecule has 128 valence electrons.